The Bertz CT molecular complexity index is 250. The summed E-state index contributed by atoms with van der Waals surface area (Å²) < 4.78 is 0. The smallest absolute Gasteiger partial charge is 0.0128 e. The van der Waals surface area contributed by atoms with Crippen LogP contribution in [0.3, 0.4) is 0 Å². The van der Waals surface area contributed by atoms with Crippen molar-refractivity contribution in [3.8, 4) is 0 Å². The van der Waals surface area contributed by atoms with Crippen molar-refractivity contribution in [1.29, 1.82) is 0 Å². The molecule has 1 aliphatic carbocycles. The molecule has 0 spiro atoms. The zero-order valence-electron chi connectivity index (χ0n) is 8.24. The summed E-state index contributed by atoms with van der Waals surface area (Å²) in [4.78, 5) is 0. The molecule has 0 heteroatoms. The molecule has 1 fully saturated rings. The summed E-state index contributed by atoms with van der Waals surface area (Å²) in [7, 11) is 0. The van der Waals surface area contributed by atoms with Gasteiger partial charge in [0.2, 0.25) is 0 Å². The van der Waals surface area contributed by atoms with Crippen LogP contribution in [0.15, 0.2) is 30.3 Å². The predicted octanol–water partition coefficient (Wildman–Crippen LogP) is 3.79. The van der Waals surface area contributed by atoms with E-state index < -0.39 is 0 Å². The lowest BCUT2D eigenvalue weighted by Crippen LogP contribution is -2.12. The van der Waals surface area contributed by atoms with E-state index in [9.17, 15) is 0 Å². The van der Waals surface area contributed by atoms with Crippen molar-refractivity contribution in [2.75, 3.05) is 0 Å². The average molecular weight is 173 g/mol. The second-order valence-electron chi connectivity index (χ2n) is 4.12. The SMILES string of the molecule is CC1[CH]C(c2ccccc2)CCC1. The highest BCUT2D eigenvalue weighted by Gasteiger charge is 2.19. The van der Waals surface area contributed by atoms with Gasteiger partial charge in [-0.1, -0.05) is 50.1 Å². The molecule has 69 valence electrons. The fraction of sp³-hybridized carbons (Fsp3) is 0.462. The Labute approximate surface area is 81.0 Å². The van der Waals surface area contributed by atoms with Crippen LogP contribution < -0.4 is 0 Å². The van der Waals surface area contributed by atoms with Crippen LogP contribution in [0.5, 0.6) is 0 Å². The van der Waals surface area contributed by atoms with Crippen molar-refractivity contribution in [2.45, 2.75) is 32.1 Å². The second kappa shape index (κ2) is 3.95. The van der Waals surface area contributed by atoms with Gasteiger partial charge < -0.3 is 0 Å². The van der Waals surface area contributed by atoms with Gasteiger partial charge in [-0.2, -0.15) is 0 Å². The Balaban J connectivity index is 2.08. The third-order valence-corrected chi connectivity index (χ3v) is 2.96. The lowest BCUT2D eigenvalue weighted by atomic mass is 9.79. The molecular formula is C13H17. The Morgan fingerprint density at radius 3 is 2.54 bits per heavy atom. The highest BCUT2D eigenvalue weighted by atomic mass is 14.2. The summed E-state index contributed by atoms with van der Waals surface area (Å²) in [6.45, 7) is 2.33. The van der Waals surface area contributed by atoms with Crippen LogP contribution >= 0.6 is 0 Å². The van der Waals surface area contributed by atoms with E-state index in [-0.39, 0.29) is 0 Å². The molecular weight excluding hydrogens is 156 g/mol. The zero-order valence-corrected chi connectivity index (χ0v) is 8.24. The third-order valence-electron chi connectivity index (χ3n) is 2.96. The Hall–Kier alpha value is -0.780. The van der Waals surface area contributed by atoms with Crippen LogP contribution in [0.4, 0.5) is 0 Å². The van der Waals surface area contributed by atoms with Crippen LogP contribution in [0.2, 0.25) is 0 Å². The minimum absolute atomic E-state index is 0.713. The van der Waals surface area contributed by atoms with Gasteiger partial charge >= 0.3 is 0 Å². The Morgan fingerprint density at radius 1 is 1.08 bits per heavy atom. The molecule has 1 saturated carbocycles. The molecule has 0 nitrogen and oxygen atoms in total. The molecule has 1 aliphatic rings. The fourth-order valence-electron chi connectivity index (χ4n) is 2.23. The van der Waals surface area contributed by atoms with Gasteiger partial charge in [0.15, 0.2) is 0 Å². The molecule has 0 aliphatic heterocycles. The summed E-state index contributed by atoms with van der Waals surface area (Å²) in [5.74, 6) is 1.52. The van der Waals surface area contributed by atoms with Crippen LogP contribution in [0, 0.1) is 12.3 Å². The van der Waals surface area contributed by atoms with E-state index in [1.54, 1.807) is 0 Å². The lowest BCUT2D eigenvalue weighted by molar-refractivity contribution is 0.437. The maximum atomic E-state index is 2.51. The molecule has 0 amide bonds. The van der Waals surface area contributed by atoms with Crippen LogP contribution in [0.1, 0.15) is 37.7 Å². The molecule has 0 N–H and O–H groups in total. The molecule has 1 radical (unpaired) electrons. The van der Waals surface area contributed by atoms with Gasteiger partial charge in [0.05, 0.1) is 0 Å². The van der Waals surface area contributed by atoms with Crippen molar-refractivity contribution in [2.24, 2.45) is 5.92 Å². The van der Waals surface area contributed by atoms with Crippen molar-refractivity contribution in [3.63, 3.8) is 0 Å². The van der Waals surface area contributed by atoms with Crippen molar-refractivity contribution < 1.29 is 0 Å². The van der Waals surface area contributed by atoms with E-state index in [0.717, 1.165) is 5.92 Å². The van der Waals surface area contributed by atoms with Crippen LogP contribution in [-0.2, 0) is 0 Å². The summed E-state index contributed by atoms with van der Waals surface area (Å²) >= 11 is 0. The van der Waals surface area contributed by atoms with E-state index in [1.165, 1.54) is 24.8 Å². The van der Waals surface area contributed by atoms with E-state index >= 15 is 0 Å². The van der Waals surface area contributed by atoms with Crippen molar-refractivity contribution in [3.05, 3.63) is 42.3 Å². The van der Waals surface area contributed by atoms with Crippen molar-refractivity contribution >= 4 is 0 Å². The molecule has 2 atom stereocenters. The average Bonchev–Trinajstić information content (AvgIpc) is 2.19. The predicted molar refractivity (Wildman–Crippen MR) is 56.5 cm³/mol. The largest absolute Gasteiger partial charge is 0.0622 e. The molecule has 2 rings (SSSR count). The highest BCUT2D eigenvalue weighted by Crippen LogP contribution is 2.34. The quantitative estimate of drug-likeness (QED) is 0.606. The Morgan fingerprint density at radius 2 is 1.85 bits per heavy atom. The zero-order chi connectivity index (χ0) is 9.10. The summed E-state index contributed by atoms with van der Waals surface area (Å²) in [6.07, 6.45) is 6.62. The molecule has 13 heavy (non-hydrogen) atoms. The van der Waals surface area contributed by atoms with Crippen LogP contribution in [-0.4, -0.2) is 0 Å². The first-order chi connectivity index (χ1) is 6.36. The number of benzene rings is 1. The fourth-order valence-corrected chi connectivity index (χ4v) is 2.23. The normalized spacial score (nSPS) is 28.7. The summed E-state index contributed by atoms with van der Waals surface area (Å²) in [6, 6.07) is 10.9. The first-order valence-corrected chi connectivity index (χ1v) is 5.26. The maximum Gasteiger partial charge on any atom is -0.0128 e. The van der Waals surface area contributed by atoms with E-state index in [2.05, 4.69) is 43.7 Å². The molecule has 0 aromatic heterocycles. The molecule has 0 bridgehead atoms. The van der Waals surface area contributed by atoms with E-state index in [0.29, 0.717) is 5.92 Å². The van der Waals surface area contributed by atoms with E-state index in [1.807, 2.05) is 0 Å². The minimum atomic E-state index is 0.713. The number of rotatable bonds is 1. The minimum Gasteiger partial charge on any atom is -0.0622 e. The van der Waals surface area contributed by atoms with Gasteiger partial charge in [0.25, 0.3) is 0 Å². The first-order valence-electron chi connectivity index (χ1n) is 5.26. The number of hydrogen-bond acceptors (Lipinski definition) is 0. The first kappa shape index (κ1) is 8.80. The molecule has 0 heterocycles. The number of hydrogen-bond donors (Lipinski definition) is 0. The van der Waals surface area contributed by atoms with Crippen molar-refractivity contribution in [1.82, 2.24) is 0 Å². The van der Waals surface area contributed by atoms with E-state index in [4.69, 9.17) is 0 Å². The van der Waals surface area contributed by atoms with Gasteiger partial charge in [0.1, 0.15) is 0 Å². The van der Waals surface area contributed by atoms with Gasteiger partial charge in [-0.15, -0.1) is 0 Å². The van der Waals surface area contributed by atoms with Gasteiger partial charge in [-0.05, 0) is 30.2 Å². The standard InChI is InChI=1S/C13H17/c1-11-6-5-9-13(10-11)12-7-3-2-4-8-12/h2-4,7-8,10-11,13H,5-6,9H2,1H3. The van der Waals surface area contributed by atoms with Crippen LogP contribution in [0.25, 0.3) is 0 Å². The molecule has 0 saturated heterocycles. The molecule has 2 unspecified atom stereocenters. The maximum absolute atomic E-state index is 2.51. The lowest BCUT2D eigenvalue weighted by Gasteiger charge is -2.26. The Kier molecular flexibility index (Phi) is 2.68. The third kappa shape index (κ3) is 2.12. The molecule has 1 aromatic carbocycles. The van der Waals surface area contributed by atoms with Gasteiger partial charge in [-0.25, -0.2) is 0 Å². The topological polar surface area (TPSA) is 0 Å². The van der Waals surface area contributed by atoms with Gasteiger partial charge in [-0.3, -0.25) is 0 Å². The summed E-state index contributed by atoms with van der Waals surface area (Å²) in [5.41, 5.74) is 1.49. The highest BCUT2D eigenvalue weighted by molar-refractivity contribution is 5.23. The molecule has 1 aromatic rings. The monoisotopic (exact) mass is 173 g/mol. The van der Waals surface area contributed by atoms with Gasteiger partial charge in [0, 0.05) is 0 Å². The second-order valence-corrected chi connectivity index (χ2v) is 4.12. The summed E-state index contributed by atoms with van der Waals surface area (Å²) in [5, 5.41) is 0.